The molecule has 3 aromatic carbocycles. The van der Waals surface area contributed by atoms with Crippen molar-refractivity contribution < 1.29 is 14.3 Å². The Kier molecular flexibility index (Phi) is 7.15. The second-order valence-corrected chi connectivity index (χ2v) is 8.30. The van der Waals surface area contributed by atoms with Gasteiger partial charge in [-0.05, 0) is 66.9 Å². The fourth-order valence-electron chi connectivity index (χ4n) is 3.91. The largest absolute Gasteiger partial charge is 0.490 e. The molecule has 2 aliphatic heterocycles. The molecule has 0 aliphatic carbocycles. The van der Waals surface area contributed by atoms with Crippen molar-refractivity contribution in [3.05, 3.63) is 82.9 Å². The van der Waals surface area contributed by atoms with E-state index < -0.39 is 0 Å². The number of halogens is 1. The van der Waals surface area contributed by atoms with E-state index in [1.807, 2.05) is 41.3 Å². The van der Waals surface area contributed by atoms with Gasteiger partial charge in [-0.2, -0.15) is 0 Å². The van der Waals surface area contributed by atoms with E-state index in [9.17, 15) is 9.59 Å². The van der Waals surface area contributed by atoms with E-state index in [-0.39, 0.29) is 11.8 Å². The molecule has 7 heteroatoms. The Balaban J connectivity index is 0.000000200. The van der Waals surface area contributed by atoms with Crippen molar-refractivity contribution in [3.63, 3.8) is 0 Å². The first kappa shape index (κ1) is 22.7. The van der Waals surface area contributed by atoms with Crippen LogP contribution < -0.4 is 20.3 Å². The van der Waals surface area contributed by atoms with Crippen molar-refractivity contribution in [2.75, 3.05) is 35.2 Å². The highest BCUT2D eigenvalue weighted by Crippen LogP contribution is 2.31. The molecule has 0 spiro atoms. The average Bonchev–Trinajstić information content (AvgIpc) is 2.84. The highest BCUT2D eigenvalue weighted by Gasteiger charge is 2.24. The molecule has 2 amide bonds. The molecule has 2 heterocycles. The molecule has 0 unspecified atom stereocenters. The molecule has 0 bridgehead atoms. The molecule has 2 N–H and O–H groups in total. The van der Waals surface area contributed by atoms with Crippen molar-refractivity contribution >= 4 is 40.5 Å². The normalized spacial score (nSPS) is 13.8. The molecule has 0 aromatic heterocycles. The molecule has 6 nitrogen and oxygen atoms in total. The first-order valence-corrected chi connectivity index (χ1v) is 11.3. The van der Waals surface area contributed by atoms with Gasteiger partial charge in [-0.15, -0.1) is 0 Å². The van der Waals surface area contributed by atoms with Crippen LogP contribution in [0.4, 0.5) is 17.1 Å². The number of amides is 2. The summed E-state index contributed by atoms with van der Waals surface area (Å²) >= 11 is 5.64. The molecule has 0 fully saturated rings. The number of fused-ring (bicyclic) bond motifs is 2. The van der Waals surface area contributed by atoms with Gasteiger partial charge in [0.2, 0.25) is 5.91 Å². The molecule has 33 heavy (non-hydrogen) atoms. The van der Waals surface area contributed by atoms with Crippen LogP contribution in [-0.4, -0.2) is 31.5 Å². The fourth-order valence-corrected chi connectivity index (χ4v) is 4.04. The maximum Gasteiger partial charge on any atom is 0.258 e. The molecule has 0 radical (unpaired) electrons. The second kappa shape index (κ2) is 10.4. The number of benzene rings is 3. The third kappa shape index (κ3) is 5.65. The van der Waals surface area contributed by atoms with Crippen LogP contribution in [0.1, 0.15) is 29.3 Å². The number of rotatable bonds is 2. The van der Waals surface area contributed by atoms with Gasteiger partial charge in [0.25, 0.3) is 5.91 Å². The van der Waals surface area contributed by atoms with Crippen LogP contribution in [0, 0.1) is 0 Å². The molecule has 0 atom stereocenters. The quantitative estimate of drug-likeness (QED) is 0.535. The number of carbonyl (C=O) groups is 2. The highest BCUT2D eigenvalue weighted by molar-refractivity contribution is 6.30. The van der Waals surface area contributed by atoms with Crippen LogP contribution in [0.25, 0.3) is 0 Å². The summed E-state index contributed by atoms with van der Waals surface area (Å²) in [5.41, 5.74) is 4.67. The Morgan fingerprint density at radius 1 is 1.06 bits per heavy atom. The molecule has 0 saturated heterocycles. The van der Waals surface area contributed by atoms with E-state index in [1.165, 1.54) is 12.5 Å². The number of para-hydroxylation sites is 1. The van der Waals surface area contributed by atoms with Crippen LogP contribution >= 0.6 is 11.6 Å². The zero-order valence-corrected chi connectivity index (χ0v) is 19.2. The third-order valence-corrected chi connectivity index (χ3v) is 5.67. The number of nitrogens with one attached hydrogen (secondary N) is 2. The van der Waals surface area contributed by atoms with Gasteiger partial charge >= 0.3 is 0 Å². The van der Waals surface area contributed by atoms with E-state index in [4.69, 9.17) is 16.3 Å². The Bertz CT molecular complexity index is 1150. The molecule has 3 aromatic rings. The summed E-state index contributed by atoms with van der Waals surface area (Å²) in [5.74, 6) is 0.802. The molecular formula is C26H26ClN3O3. The summed E-state index contributed by atoms with van der Waals surface area (Å²) in [4.78, 5) is 25.4. The average molecular weight is 464 g/mol. The Labute approximate surface area is 198 Å². The second-order valence-electron chi connectivity index (χ2n) is 7.86. The Morgan fingerprint density at radius 3 is 2.64 bits per heavy atom. The maximum absolute atomic E-state index is 12.9. The van der Waals surface area contributed by atoms with Gasteiger partial charge in [-0.1, -0.05) is 29.8 Å². The van der Waals surface area contributed by atoms with E-state index in [0.29, 0.717) is 17.2 Å². The van der Waals surface area contributed by atoms with Crippen LogP contribution in [-0.2, 0) is 11.2 Å². The highest BCUT2D eigenvalue weighted by atomic mass is 35.5. The van der Waals surface area contributed by atoms with Gasteiger partial charge in [0.15, 0.2) is 0 Å². The third-order valence-electron chi connectivity index (χ3n) is 5.42. The monoisotopic (exact) mass is 463 g/mol. The Morgan fingerprint density at radius 2 is 1.85 bits per heavy atom. The van der Waals surface area contributed by atoms with Crippen LogP contribution in [0.15, 0.2) is 66.7 Å². The lowest BCUT2D eigenvalue weighted by atomic mass is 10.0. The summed E-state index contributed by atoms with van der Waals surface area (Å²) < 4.78 is 5.57. The van der Waals surface area contributed by atoms with Crippen molar-refractivity contribution in [2.45, 2.75) is 19.8 Å². The first-order valence-electron chi connectivity index (χ1n) is 10.9. The predicted molar refractivity (Wildman–Crippen MR) is 133 cm³/mol. The van der Waals surface area contributed by atoms with Gasteiger partial charge in [0.05, 0.1) is 5.69 Å². The summed E-state index contributed by atoms with van der Waals surface area (Å²) in [6.45, 7) is 3.68. The molecule has 2 aliphatic rings. The summed E-state index contributed by atoms with van der Waals surface area (Å²) in [6.07, 6.45) is 2.05. The van der Waals surface area contributed by atoms with Crippen LogP contribution in [0.3, 0.4) is 0 Å². The van der Waals surface area contributed by atoms with Gasteiger partial charge in [-0.3, -0.25) is 9.59 Å². The summed E-state index contributed by atoms with van der Waals surface area (Å²) in [6, 6.07) is 20.8. The lowest BCUT2D eigenvalue weighted by molar-refractivity contribution is -0.114. The lowest BCUT2D eigenvalue weighted by Crippen LogP contribution is -2.35. The Hall–Kier alpha value is -3.51. The first-order chi connectivity index (χ1) is 16.0. The number of anilines is 3. The van der Waals surface area contributed by atoms with E-state index >= 15 is 0 Å². The van der Waals surface area contributed by atoms with Gasteiger partial charge in [0.1, 0.15) is 12.4 Å². The number of ether oxygens (including phenoxy) is 1. The number of hydrogen-bond acceptors (Lipinski definition) is 4. The van der Waals surface area contributed by atoms with Crippen molar-refractivity contribution in [3.8, 4) is 5.75 Å². The van der Waals surface area contributed by atoms with Gasteiger partial charge < -0.3 is 20.3 Å². The number of nitrogens with zero attached hydrogens (tertiary/aromatic N) is 1. The van der Waals surface area contributed by atoms with E-state index in [0.717, 1.165) is 48.7 Å². The van der Waals surface area contributed by atoms with Crippen LogP contribution in [0.5, 0.6) is 5.75 Å². The molecule has 0 saturated carbocycles. The van der Waals surface area contributed by atoms with E-state index in [2.05, 4.69) is 16.7 Å². The maximum atomic E-state index is 12.9. The summed E-state index contributed by atoms with van der Waals surface area (Å²) in [5, 5.41) is 6.58. The lowest BCUT2D eigenvalue weighted by Gasteiger charge is -2.30. The van der Waals surface area contributed by atoms with Crippen molar-refractivity contribution in [1.29, 1.82) is 0 Å². The summed E-state index contributed by atoms with van der Waals surface area (Å²) in [7, 11) is 0. The molecule has 170 valence electrons. The smallest absolute Gasteiger partial charge is 0.258 e. The van der Waals surface area contributed by atoms with Gasteiger partial charge in [-0.25, -0.2) is 0 Å². The SMILES string of the molecule is CC(=O)Nc1ccc(Cl)cc1.O=C(c1ccc2c(c1)NCCO2)N1CCCc2ccccc21. The predicted octanol–water partition coefficient (Wildman–Crippen LogP) is 5.38. The van der Waals surface area contributed by atoms with E-state index in [1.54, 1.807) is 24.3 Å². The zero-order valence-electron chi connectivity index (χ0n) is 18.4. The number of hydrogen-bond donors (Lipinski definition) is 2. The minimum absolute atomic E-state index is 0.0577. The van der Waals surface area contributed by atoms with Crippen molar-refractivity contribution in [1.82, 2.24) is 0 Å². The number of aryl methyl sites for hydroxylation is 1. The minimum Gasteiger partial charge on any atom is -0.490 e. The zero-order chi connectivity index (χ0) is 23.2. The number of carbonyl (C=O) groups excluding carboxylic acids is 2. The van der Waals surface area contributed by atoms with Crippen molar-refractivity contribution in [2.24, 2.45) is 0 Å². The molecular weight excluding hydrogens is 438 g/mol. The van der Waals surface area contributed by atoms with Gasteiger partial charge in [0, 0.05) is 42.0 Å². The molecule has 5 rings (SSSR count). The minimum atomic E-state index is -0.0766. The topological polar surface area (TPSA) is 70.7 Å². The van der Waals surface area contributed by atoms with Crippen LogP contribution in [0.2, 0.25) is 5.02 Å². The standard InChI is InChI=1S/C18H18N2O2.C8H8ClNO/c21-18(14-7-8-17-15(12-14)19-9-11-22-17)20-10-3-5-13-4-1-2-6-16(13)20;1-6(11)10-8-4-2-7(9)3-5-8/h1-2,4,6-8,12,19H,3,5,9-11H2;2-5H,1H3,(H,10,11). The fraction of sp³-hybridized carbons (Fsp3) is 0.231.